The van der Waals surface area contributed by atoms with Crippen LogP contribution >= 0.6 is 0 Å². The third-order valence-electron chi connectivity index (χ3n) is 7.39. The van der Waals surface area contributed by atoms with E-state index in [0.29, 0.717) is 19.6 Å². The lowest BCUT2D eigenvalue weighted by Gasteiger charge is -2.33. The van der Waals surface area contributed by atoms with E-state index in [0.717, 1.165) is 35.5 Å². The Hall–Kier alpha value is -3.35. The second kappa shape index (κ2) is 9.12. The second-order valence-electron chi connectivity index (χ2n) is 9.79. The number of rotatable bonds is 4. The normalized spacial score (nSPS) is 23.0. The predicted octanol–water partition coefficient (Wildman–Crippen LogP) is 3.84. The molecule has 34 heavy (non-hydrogen) atoms. The van der Waals surface area contributed by atoms with E-state index in [4.69, 9.17) is 4.84 Å². The van der Waals surface area contributed by atoms with Gasteiger partial charge in [0.25, 0.3) is 0 Å². The number of piperidine rings is 1. The first kappa shape index (κ1) is 22.4. The largest absolute Gasteiger partial charge is 0.364 e. The highest BCUT2D eigenvalue weighted by molar-refractivity contribution is 6.00. The van der Waals surface area contributed by atoms with Gasteiger partial charge in [-0.1, -0.05) is 41.1 Å². The zero-order chi connectivity index (χ0) is 23.8. The molecular formula is C27H32N4O3. The van der Waals surface area contributed by atoms with Crippen LogP contribution in [0.1, 0.15) is 47.7 Å². The number of hydrogen-bond acceptors (Lipinski definition) is 5. The van der Waals surface area contributed by atoms with Crippen LogP contribution in [0.3, 0.4) is 0 Å². The fraction of sp³-hybridized carbons (Fsp3) is 0.444. The van der Waals surface area contributed by atoms with Crippen LogP contribution in [0.2, 0.25) is 0 Å². The molecule has 0 aromatic heterocycles. The van der Waals surface area contributed by atoms with E-state index in [1.807, 2.05) is 30.0 Å². The summed E-state index contributed by atoms with van der Waals surface area (Å²) >= 11 is 0. The molecule has 2 atom stereocenters. The van der Waals surface area contributed by atoms with Gasteiger partial charge in [-0.05, 0) is 56.9 Å². The van der Waals surface area contributed by atoms with Crippen molar-refractivity contribution in [2.24, 2.45) is 17.0 Å². The number of benzene rings is 2. The molecule has 2 saturated heterocycles. The first-order valence-corrected chi connectivity index (χ1v) is 12.1. The molecule has 0 saturated carbocycles. The highest BCUT2D eigenvalue weighted by Gasteiger charge is 2.39. The summed E-state index contributed by atoms with van der Waals surface area (Å²) in [5.74, 6) is 0.960. The lowest BCUT2D eigenvalue weighted by molar-refractivity contribution is -0.136. The van der Waals surface area contributed by atoms with Gasteiger partial charge in [0.05, 0.1) is 5.92 Å². The molecule has 2 aromatic carbocycles. The van der Waals surface area contributed by atoms with Crippen molar-refractivity contribution >= 4 is 23.3 Å². The van der Waals surface area contributed by atoms with Crippen molar-refractivity contribution < 1.29 is 14.4 Å². The van der Waals surface area contributed by atoms with Crippen molar-refractivity contribution in [2.45, 2.75) is 46.3 Å². The highest BCUT2D eigenvalue weighted by Crippen LogP contribution is 2.30. The van der Waals surface area contributed by atoms with Crippen LogP contribution in [0, 0.1) is 32.6 Å². The molecule has 178 valence electrons. The van der Waals surface area contributed by atoms with Crippen LogP contribution in [0.4, 0.5) is 5.69 Å². The Morgan fingerprint density at radius 1 is 1.03 bits per heavy atom. The molecular weight excluding hydrogens is 428 g/mol. The van der Waals surface area contributed by atoms with E-state index in [-0.39, 0.29) is 36.3 Å². The number of hydrogen-bond donors (Lipinski definition) is 1. The van der Waals surface area contributed by atoms with Crippen molar-refractivity contribution in [3.05, 3.63) is 64.7 Å². The summed E-state index contributed by atoms with van der Waals surface area (Å²) < 4.78 is 0. The summed E-state index contributed by atoms with van der Waals surface area (Å²) in [6, 6.07) is 14.3. The Balaban J connectivity index is 1.14. The fourth-order valence-corrected chi connectivity index (χ4v) is 5.02. The Kier molecular flexibility index (Phi) is 6.02. The maximum Gasteiger partial charge on any atom is 0.228 e. The van der Waals surface area contributed by atoms with Gasteiger partial charge in [-0.25, -0.2) is 0 Å². The minimum Gasteiger partial charge on any atom is -0.364 e. The number of oxime groups is 1. The Morgan fingerprint density at radius 3 is 2.47 bits per heavy atom. The molecule has 0 bridgehead atoms. The maximum atomic E-state index is 13.2. The van der Waals surface area contributed by atoms with E-state index in [9.17, 15) is 9.59 Å². The third kappa shape index (κ3) is 4.39. The molecule has 2 unspecified atom stereocenters. The number of likely N-dealkylation sites (tertiary alicyclic amines) is 1. The molecule has 3 heterocycles. The van der Waals surface area contributed by atoms with E-state index in [1.165, 1.54) is 11.1 Å². The number of amidine groups is 1. The van der Waals surface area contributed by atoms with Crippen molar-refractivity contribution in [1.82, 2.24) is 10.2 Å². The van der Waals surface area contributed by atoms with Crippen molar-refractivity contribution in [2.75, 3.05) is 24.5 Å². The van der Waals surface area contributed by atoms with Crippen molar-refractivity contribution in [3.63, 3.8) is 0 Å². The Morgan fingerprint density at radius 2 is 1.76 bits per heavy atom. The lowest BCUT2D eigenvalue weighted by atomic mass is 9.94. The molecule has 3 aliphatic rings. The number of aryl methyl sites for hydroxylation is 3. The van der Waals surface area contributed by atoms with Crippen LogP contribution in [0.25, 0.3) is 0 Å². The monoisotopic (exact) mass is 460 g/mol. The molecule has 2 fully saturated rings. The molecule has 7 nitrogen and oxygen atoms in total. The molecule has 3 aliphatic heterocycles. The van der Waals surface area contributed by atoms with Crippen LogP contribution in [-0.2, 0) is 14.4 Å². The molecule has 5 rings (SSSR count). The quantitative estimate of drug-likeness (QED) is 0.753. The van der Waals surface area contributed by atoms with Crippen LogP contribution in [0.15, 0.2) is 47.6 Å². The van der Waals surface area contributed by atoms with Gasteiger partial charge in [-0.3, -0.25) is 9.59 Å². The molecule has 2 amide bonds. The van der Waals surface area contributed by atoms with Crippen LogP contribution in [-0.4, -0.2) is 42.2 Å². The summed E-state index contributed by atoms with van der Waals surface area (Å²) in [4.78, 5) is 35.2. The SMILES string of the molecule is Cc1ccc(C2NC(C3CCN(C(=O)C4CC(=O)N(c5ccc(C)c(C)c5)C4)CC3)=NO2)cc1. The molecule has 1 N–H and O–H groups in total. The highest BCUT2D eigenvalue weighted by atomic mass is 16.7. The lowest BCUT2D eigenvalue weighted by Crippen LogP contribution is -2.45. The number of anilines is 1. The summed E-state index contributed by atoms with van der Waals surface area (Å²) in [7, 11) is 0. The molecule has 2 aromatic rings. The summed E-state index contributed by atoms with van der Waals surface area (Å²) in [5.41, 5.74) is 5.50. The molecule has 0 aliphatic carbocycles. The van der Waals surface area contributed by atoms with Gasteiger partial charge < -0.3 is 20.0 Å². The maximum absolute atomic E-state index is 13.2. The summed E-state index contributed by atoms with van der Waals surface area (Å²) in [6.45, 7) is 7.97. The van der Waals surface area contributed by atoms with Crippen molar-refractivity contribution in [3.8, 4) is 0 Å². The molecule has 7 heteroatoms. The zero-order valence-electron chi connectivity index (χ0n) is 20.1. The van der Waals surface area contributed by atoms with Gasteiger partial charge in [0.15, 0.2) is 0 Å². The second-order valence-corrected chi connectivity index (χ2v) is 9.79. The fourth-order valence-electron chi connectivity index (χ4n) is 5.02. The van der Waals surface area contributed by atoms with E-state index in [2.05, 4.69) is 48.6 Å². The van der Waals surface area contributed by atoms with Gasteiger partial charge in [-0.15, -0.1) is 0 Å². The first-order chi connectivity index (χ1) is 16.4. The van der Waals surface area contributed by atoms with Crippen LogP contribution < -0.4 is 10.2 Å². The molecule has 0 spiro atoms. The smallest absolute Gasteiger partial charge is 0.228 e. The first-order valence-electron chi connectivity index (χ1n) is 12.1. The number of carbonyl (C=O) groups is 2. The third-order valence-corrected chi connectivity index (χ3v) is 7.39. The van der Waals surface area contributed by atoms with Gasteiger partial charge in [0, 0.05) is 43.2 Å². The van der Waals surface area contributed by atoms with Crippen molar-refractivity contribution in [1.29, 1.82) is 0 Å². The Labute approximate surface area is 200 Å². The Bertz CT molecular complexity index is 1120. The van der Waals surface area contributed by atoms with E-state index in [1.54, 1.807) is 4.90 Å². The number of nitrogens with one attached hydrogen (secondary N) is 1. The van der Waals surface area contributed by atoms with Gasteiger partial charge >= 0.3 is 0 Å². The van der Waals surface area contributed by atoms with E-state index < -0.39 is 0 Å². The number of amides is 2. The minimum atomic E-state index is -0.276. The average Bonchev–Trinajstić information content (AvgIpc) is 3.48. The number of carbonyl (C=O) groups excluding carboxylic acids is 2. The molecule has 0 radical (unpaired) electrons. The summed E-state index contributed by atoms with van der Waals surface area (Å²) in [6.07, 6.45) is 1.70. The summed E-state index contributed by atoms with van der Waals surface area (Å²) in [5, 5.41) is 7.71. The predicted molar refractivity (Wildman–Crippen MR) is 131 cm³/mol. The minimum absolute atomic E-state index is 0.0281. The number of nitrogens with zero attached hydrogens (tertiary/aromatic N) is 3. The standard InChI is InChI=1S/C27H32N4O3/c1-17-4-7-21(8-5-17)26-28-25(29-34-26)20-10-12-30(13-11-20)27(33)22-15-24(32)31(16-22)23-9-6-18(2)19(3)14-23/h4-9,14,20,22,26H,10-13,15-16H2,1-3H3,(H,28,29). The van der Waals surface area contributed by atoms with E-state index >= 15 is 0 Å². The zero-order valence-corrected chi connectivity index (χ0v) is 20.1. The topological polar surface area (TPSA) is 74.2 Å². The van der Waals surface area contributed by atoms with Gasteiger partial charge in [0.1, 0.15) is 5.84 Å². The van der Waals surface area contributed by atoms with Gasteiger partial charge in [0.2, 0.25) is 18.0 Å². The van der Waals surface area contributed by atoms with Crippen LogP contribution in [0.5, 0.6) is 0 Å². The van der Waals surface area contributed by atoms with Gasteiger partial charge in [-0.2, -0.15) is 0 Å². The average molecular weight is 461 g/mol.